The molecule has 9 heteroatoms. The molecule has 1 aromatic heterocycles. The van der Waals surface area contributed by atoms with Crippen molar-refractivity contribution < 1.29 is 22.7 Å². The van der Waals surface area contributed by atoms with Crippen molar-refractivity contribution in [3.63, 3.8) is 0 Å². The highest BCUT2D eigenvalue weighted by atomic mass is 32.2. The van der Waals surface area contributed by atoms with Crippen LogP contribution in [0.5, 0.6) is 0 Å². The average molecular weight is 491 g/mol. The highest BCUT2D eigenvalue weighted by molar-refractivity contribution is 7.89. The molecule has 3 heterocycles. The lowest BCUT2D eigenvalue weighted by Crippen LogP contribution is -2.42. The van der Waals surface area contributed by atoms with Gasteiger partial charge >= 0.3 is 5.97 Å². The molecule has 2 aliphatic heterocycles. The van der Waals surface area contributed by atoms with Crippen LogP contribution in [-0.2, 0) is 32.5 Å². The van der Waals surface area contributed by atoms with Gasteiger partial charge in [-0.3, -0.25) is 4.79 Å². The maximum absolute atomic E-state index is 13.0. The number of amides is 1. The number of piperidine rings is 1. The van der Waals surface area contributed by atoms with Gasteiger partial charge < -0.3 is 9.64 Å². The first-order valence-corrected chi connectivity index (χ1v) is 13.6. The van der Waals surface area contributed by atoms with Crippen molar-refractivity contribution in [3.05, 3.63) is 51.7 Å². The van der Waals surface area contributed by atoms with Crippen molar-refractivity contribution in [1.29, 1.82) is 0 Å². The number of sulfonamides is 1. The van der Waals surface area contributed by atoms with E-state index in [1.165, 1.54) is 33.4 Å². The first kappa shape index (κ1) is 23.9. The van der Waals surface area contributed by atoms with Crippen LogP contribution in [0.3, 0.4) is 0 Å². The van der Waals surface area contributed by atoms with Gasteiger partial charge in [0, 0.05) is 31.1 Å². The molecule has 3 atom stereocenters. The van der Waals surface area contributed by atoms with Gasteiger partial charge in [-0.25, -0.2) is 13.2 Å². The zero-order valence-corrected chi connectivity index (χ0v) is 20.8. The summed E-state index contributed by atoms with van der Waals surface area (Å²) in [4.78, 5) is 28.5. The summed E-state index contributed by atoms with van der Waals surface area (Å²) in [5.41, 5.74) is 1.36. The van der Waals surface area contributed by atoms with E-state index >= 15 is 0 Å². The summed E-state index contributed by atoms with van der Waals surface area (Å²) in [6.07, 6.45) is 0.904. The van der Waals surface area contributed by atoms with Gasteiger partial charge in [0.1, 0.15) is 0 Å². The molecule has 33 heavy (non-hydrogen) atoms. The van der Waals surface area contributed by atoms with Crippen LogP contribution >= 0.6 is 11.3 Å². The topological polar surface area (TPSA) is 84.0 Å². The number of thiophene rings is 1. The minimum Gasteiger partial charge on any atom is -0.449 e. The Labute approximate surface area is 199 Å². The fourth-order valence-corrected chi connectivity index (χ4v) is 7.26. The molecule has 0 saturated carbocycles. The SMILES string of the molecule is CC1CC(C)CN(S(=O)(=O)c2ccc(C(=O)OC(C)C(=O)N3CCc4sccc4C3)cc2)C1. The van der Waals surface area contributed by atoms with E-state index in [9.17, 15) is 18.0 Å². The third kappa shape index (κ3) is 5.15. The van der Waals surface area contributed by atoms with Crippen molar-refractivity contribution in [1.82, 2.24) is 9.21 Å². The normalized spacial score (nSPS) is 22.5. The van der Waals surface area contributed by atoms with Gasteiger partial charge in [-0.05, 0) is 72.9 Å². The number of rotatable bonds is 5. The van der Waals surface area contributed by atoms with E-state index in [0.717, 1.165) is 18.4 Å². The minimum absolute atomic E-state index is 0.157. The molecule has 1 aromatic carbocycles. The van der Waals surface area contributed by atoms with Crippen LogP contribution < -0.4 is 0 Å². The molecule has 0 N–H and O–H groups in total. The monoisotopic (exact) mass is 490 g/mol. The number of benzene rings is 1. The van der Waals surface area contributed by atoms with Crippen molar-refractivity contribution in [2.75, 3.05) is 19.6 Å². The zero-order valence-electron chi connectivity index (χ0n) is 19.2. The van der Waals surface area contributed by atoms with E-state index in [4.69, 9.17) is 4.74 Å². The fourth-order valence-electron chi connectivity index (χ4n) is 4.69. The van der Waals surface area contributed by atoms with E-state index in [0.29, 0.717) is 38.0 Å². The lowest BCUT2D eigenvalue weighted by atomic mass is 9.94. The third-order valence-corrected chi connectivity index (χ3v) is 9.18. The van der Waals surface area contributed by atoms with Crippen molar-refractivity contribution >= 4 is 33.2 Å². The van der Waals surface area contributed by atoms with Crippen LogP contribution in [0.15, 0.2) is 40.6 Å². The maximum Gasteiger partial charge on any atom is 0.338 e. The molecule has 3 unspecified atom stereocenters. The van der Waals surface area contributed by atoms with Crippen molar-refractivity contribution in [2.45, 2.75) is 51.2 Å². The molecule has 178 valence electrons. The summed E-state index contributed by atoms with van der Waals surface area (Å²) in [5.74, 6) is -0.257. The van der Waals surface area contributed by atoms with Gasteiger partial charge in [-0.2, -0.15) is 4.31 Å². The Morgan fingerprint density at radius 3 is 2.42 bits per heavy atom. The maximum atomic E-state index is 13.0. The quantitative estimate of drug-likeness (QED) is 0.599. The number of hydrogen-bond acceptors (Lipinski definition) is 6. The molecule has 1 saturated heterocycles. The molecular formula is C24H30N2O5S2. The first-order valence-electron chi connectivity index (χ1n) is 11.3. The summed E-state index contributed by atoms with van der Waals surface area (Å²) in [7, 11) is -3.62. The van der Waals surface area contributed by atoms with Crippen LogP contribution in [0.1, 0.15) is 48.0 Å². The van der Waals surface area contributed by atoms with E-state index < -0.39 is 22.1 Å². The van der Waals surface area contributed by atoms with Crippen molar-refractivity contribution in [2.24, 2.45) is 11.8 Å². The molecule has 0 bridgehead atoms. The summed E-state index contributed by atoms with van der Waals surface area (Å²) in [5, 5.41) is 2.03. The molecule has 7 nitrogen and oxygen atoms in total. The number of nitrogens with zero attached hydrogens (tertiary/aromatic N) is 2. The zero-order chi connectivity index (χ0) is 23.8. The van der Waals surface area contributed by atoms with E-state index in [1.807, 2.05) is 11.4 Å². The standard InChI is InChI=1S/C24H30N2O5S2/c1-16-12-17(2)14-26(13-16)33(29,30)21-6-4-19(5-7-21)24(28)31-18(3)23(27)25-10-8-22-20(15-25)9-11-32-22/h4-7,9,11,16-18H,8,10,12-15H2,1-3H3. The van der Waals surface area contributed by atoms with Gasteiger partial charge in [0.05, 0.1) is 10.5 Å². The highest BCUT2D eigenvalue weighted by Gasteiger charge is 2.32. The Hall–Kier alpha value is -2.23. The first-order chi connectivity index (χ1) is 15.6. The minimum atomic E-state index is -3.62. The van der Waals surface area contributed by atoms with Gasteiger partial charge in [-0.1, -0.05) is 13.8 Å². The van der Waals surface area contributed by atoms with Crippen LogP contribution in [-0.4, -0.2) is 55.2 Å². The number of esters is 1. The molecule has 2 aliphatic rings. The Balaban J connectivity index is 1.38. The number of hydrogen-bond donors (Lipinski definition) is 0. The largest absolute Gasteiger partial charge is 0.449 e. The predicted molar refractivity (Wildman–Crippen MR) is 126 cm³/mol. The van der Waals surface area contributed by atoms with Crippen LogP contribution in [0.4, 0.5) is 0 Å². The smallest absolute Gasteiger partial charge is 0.338 e. The Morgan fingerprint density at radius 2 is 1.76 bits per heavy atom. The van der Waals surface area contributed by atoms with Gasteiger partial charge in [0.25, 0.3) is 5.91 Å². The third-order valence-electron chi connectivity index (χ3n) is 6.31. The van der Waals surface area contributed by atoms with Gasteiger partial charge in [0.15, 0.2) is 6.10 Å². The number of carbonyl (C=O) groups excluding carboxylic acids is 2. The second-order valence-corrected chi connectivity index (χ2v) is 12.2. The molecule has 4 rings (SSSR count). The summed E-state index contributed by atoms with van der Waals surface area (Å²) >= 11 is 1.70. The number of carbonyl (C=O) groups is 2. The summed E-state index contributed by atoms with van der Waals surface area (Å²) in [6, 6.07) is 7.79. The lowest BCUT2D eigenvalue weighted by molar-refractivity contribution is -0.140. The Bertz CT molecular complexity index is 1120. The van der Waals surface area contributed by atoms with Gasteiger partial charge in [0.2, 0.25) is 10.0 Å². The second-order valence-electron chi connectivity index (χ2n) is 9.22. The van der Waals surface area contributed by atoms with E-state index in [1.54, 1.807) is 23.2 Å². The van der Waals surface area contributed by atoms with Crippen LogP contribution in [0, 0.1) is 11.8 Å². The number of ether oxygens (including phenoxy) is 1. The van der Waals surface area contributed by atoms with E-state index in [2.05, 4.69) is 13.8 Å². The lowest BCUT2D eigenvalue weighted by Gasteiger charge is -2.34. The van der Waals surface area contributed by atoms with Crippen LogP contribution in [0.25, 0.3) is 0 Å². The summed E-state index contributed by atoms with van der Waals surface area (Å²) < 4.78 is 33.0. The second kappa shape index (κ2) is 9.56. The molecule has 2 aromatic rings. The van der Waals surface area contributed by atoms with Crippen molar-refractivity contribution in [3.8, 4) is 0 Å². The molecule has 0 radical (unpaired) electrons. The summed E-state index contributed by atoms with van der Waals surface area (Å²) in [6.45, 7) is 7.82. The fraction of sp³-hybridized carbons (Fsp3) is 0.500. The number of fused-ring (bicyclic) bond motifs is 1. The van der Waals surface area contributed by atoms with Crippen LogP contribution in [0.2, 0.25) is 0 Å². The molecular weight excluding hydrogens is 460 g/mol. The average Bonchev–Trinajstić information content (AvgIpc) is 3.26. The molecule has 1 amide bonds. The molecule has 1 fully saturated rings. The highest BCUT2D eigenvalue weighted by Crippen LogP contribution is 2.27. The molecule has 0 spiro atoms. The van der Waals surface area contributed by atoms with E-state index in [-0.39, 0.29) is 16.4 Å². The van der Waals surface area contributed by atoms with Gasteiger partial charge in [-0.15, -0.1) is 11.3 Å². The predicted octanol–water partition coefficient (Wildman–Crippen LogP) is 3.54. The Morgan fingerprint density at radius 1 is 1.09 bits per heavy atom. The Kier molecular flexibility index (Phi) is 6.93. The molecule has 0 aliphatic carbocycles.